The van der Waals surface area contributed by atoms with E-state index in [0.29, 0.717) is 16.5 Å². The molecule has 0 radical (unpaired) electrons. The van der Waals surface area contributed by atoms with E-state index in [2.05, 4.69) is 5.32 Å². The number of nitrogens with zero attached hydrogens (tertiary/aromatic N) is 1. The molecule has 162 valence electrons. The van der Waals surface area contributed by atoms with Crippen LogP contribution in [0.25, 0.3) is 0 Å². The van der Waals surface area contributed by atoms with E-state index in [0.717, 1.165) is 0 Å². The van der Waals surface area contributed by atoms with Gasteiger partial charge in [-0.15, -0.1) is 0 Å². The number of fused-ring (bicyclic) bond motifs is 1. The van der Waals surface area contributed by atoms with Gasteiger partial charge in [-0.1, -0.05) is 25.4 Å². The number of anilines is 1. The largest absolute Gasteiger partial charge is 0.497 e. The van der Waals surface area contributed by atoms with E-state index in [4.69, 9.17) is 21.1 Å². The van der Waals surface area contributed by atoms with E-state index in [-0.39, 0.29) is 35.1 Å². The summed E-state index contributed by atoms with van der Waals surface area (Å²) < 4.78 is 38.9. The normalized spacial score (nSPS) is 17.1. The fourth-order valence-electron chi connectivity index (χ4n) is 2.95. The van der Waals surface area contributed by atoms with Crippen molar-refractivity contribution < 1.29 is 22.7 Å². The second-order valence-electron chi connectivity index (χ2n) is 7.47. The quantitative estimate of drug-likeness (QED) is 0.725. The van der Waals surface area contributed by atoms with Crippen LogP contribution in [0.2, 0.25) is 5.02 Å². The predicted molar refractivity (Wildman–Crippen MR) is 116 cm³/mol. The molecule has 0 aromatic heterocycles. The first-order chi connectivity index (χ1) is 14.1. The Morgan fingerprint density at radius 2 is 1.87 bits per heavy atom. The van der Waals surface area contributed by atoms with Crippen LogP contribution in [0.3, 0.4) is 0 Å². The second kappa shape index (κ2) is 8.73. The van der Waals surface area contributed by atoms with Crippen molar-refractivity contribution in [1.82, 2.24) is 5.32 Å². The second-order valence-corrected chi connectivity index (χ2v) is 9.77. The van der Waals surface area contributed by atoms with Crippen LogP contribution in [0.4, 0.5) is 5.69 Å². The molecule has 7 nitrogen and oxygen atoms in total. The van der Waals surface area contributed by atoms with Gasteiger partial charge in [-0.25, -0.2) is 8.42 Å². The summed E-state index contributed by atoms with van der Waals surface area (Å²) in [7, 11) is -2.46. The summed E-state index contributed by atoms with van der Waals surface area (Å²) in [6.45, 7) is 5.71. The number of carbonyl (C=O) groups is 1. The number of benzene rings is 2. The molecule has 0 spiro atoms. The minimum absolute atomic E-state index is 0.0748. The molecule has 1 amide bonds. The highest BCUT2D eigenvalue weighted by molar-refractivity contribution is 7.92. The lowest BCUT2D eigenvalue weighted by atomic mass is 10.1. The zero-order chi connectivity index (χ0) is 22.1. The van der Waals surface area contributed by atoms with E-state index in [9.17, 15) is 13.2 Å². The highest BCUT2D eigenvalue weighted by atomic mass is 35.5. The third-order valence-electron chi connectivity index (χ3n) is 5.10. The van der Waals surface area contributed by atoms with Crippen LogP contribution in [0.5, 0.6) is 11.5 Å². The van der Waals surface area contributed by atoms with Gasteiger partial charge in [0.05, 0.1) is 24.2 Å². The van der Waals surface area contributed by atoms with Crippen molar-refractivity contribution in [3.63, 3.8) is 0 Å². The zero-order valence-corrected chi connectivity index (χ0v) is 18.8. The average molecular weight is 453 g/mol. The monoisotopic (exact) mass is 452 g/mol. The minimum Gasteiger partial charge on any atom is -0.497 e. The maximum Gasteiger partial charge on any atom is 0.264 e. The molecule has 1 heterocycles. The number of rotatable bonds is 6. The number of carbonyl (C=O) groups excluding carboxylic acids is 1. The lowest BCUT2D eigenvalue weighted by molar-refractivity contribution is -0.128. The Kier molecular flexibility index (Phi) is 6.47. The first-order valence-electron chi connectivity index (χ1n) is 9.57. The van der Waals surface area contributed by atoms with Crippen LogP contribution in [-0.4, -0.2) is 40.1 Å². The highest BCUT2D eigenvalue weighted by Crippen LogP contribution is 2.39. The van der Waals surface area contributed by atoms with Crippen LogP contribution in [-0.2, 0) is 14.8 Å². The summed E-state index contributed by atoms with van der Waals surface area (Å²) in [6, 6.07) is 10.7. The number of hydrogen-bond acceptors (Lipinski definition) is 5. The number of halogens is 1. The maximum absolute atomic E-state index is 13.4. The fourth-order valence-corrected chi connectivity index (χ4v) is 4.58. The fraction of sp³-hybridized carbons (Fsp3) is 0.381. The standard InChI is InChI=1S/C21H25ClN2O5S/c1-13(2)14(3)23-21(25)20-12-24(18-11-15(22)5-10-19(18)29-20)30(26,27)17-8-6-16(28-4)7-9-17/h5-11,13-14,20H,12H2,1-4H3,(H,23,25)/t14-,20+/m0/s1. The predicted octanol–water partition coefficient (Wildman–Crippen LogP) is 3.47. The molecular formula is C21H25ClN2O5S. The molecule has 1 N–H and O–H groups in total. The molecule has 3 rings (SSSR count). The molecule has 0 aliphatic carbocycles. The highest BCUT2D eigenvalue weighted by Gasteiger charge is 2.38. The van der Waals surface area contributed by atoms with Gasteiger partial charge in [-0.05, 0) is 55.3 Å². The lowest BCUT2D eigenvalue weighted by Crippen LogP contribution is -2.52. The van der Waals surface area contributed by atoms with Gasteiger partial charge >= 0.3 is 0 Å². The van der Waals surface area contributed by atoms with Gasteiger partial charge in [0.2, 0.25) is 0 Å². The minimum atomic E-state index is -3.97. The van der Waals surface area contributed by atoms with Gasteiger partial charge in [0.1, 0.15) is 11.5 Å². The Bertz CT molecular complexity index is 1020. The first kappa shape index (κ1) is 22.2. The third-order valence-corrected chi connectivity index (χ3v) is 7.13. The molecule has 2 aromatic carbocycles. The van der Waals surface area contributed by atoms with Gasteiger partial charge in [0.25, 0.3) is 15.9 Å². The van der Waals surface area contributed by atoms with Crippen molar-refractivity contribution in [3.8, 4) is 11.5 Å². The maximum atomic E-state index is 13.4. The van der Waals surface area contributed by atoms with E-state index in [1.807, 2.05) is 20.8 Å². The summed E-state index contributed by atoms with van der Waals surface area (Å²) in [4.78, 5) is 12.9. The summed E-state index contributed by atoms with van der Waals surface area (Å²) in [5.74, 6) is 0.675. The third kappa shape index (κ3) is 4.49. The van der Waals surface area contributed by atoms with Crippen LogP contribution in [0, 0.1) is 5.92 Å². The Labute approximate surface area is 182 Å². The van der Waals surface area contributed by atoms with E-state index in [1.54, 1.807) is 24.3 Å². The van der Waals surface area contributed by atoms with Crippen LogP contribution < -0.4 is 19.1 Å². The number of hydrogen-bond donors (Lipinski definition) is 1. The van der Waals surface area contributed by atoms with Crippen molar-refractivity contribution >= 4 is 33.2 Å². The van der Waals surface area contributed by atoms with Crippen molar-refractivity contribution in [2.45, 2.75) is 37.8 Å². The molecule has 0 bridgehead atoms. The molecule has 0 unspecified atom stereocenters. The topological polar surface area (TPSA) is 84.9 Å². The van der Waals surface area contributed by atoms with Crippen molar-refractivity contribution in [3.05, 3.63) is 47.5 Å². The van der Waals surface area contributed by atoms with Crippen LogP contribution >= 0.6 is 11.6 Å². The molecule has 0 saturated carbocycles. The van der Waals surface area contributed by atoms with Gasteiger partial charge in [-0.2, -0.15) is 0 Å². The van der Waals surface area contributed by atoms with Crippen molar-refractivity contribution in [1.29, 1.82) is 0 Å². The molecule has 9 heteroatoms. The molecule has 1 aliphatic rings. The molecule has 30 heavy (non-hydrogen) atoms. The lowest BCUT2D eigenvalue weighted by Gasteiger charge is -2.35. The number of amides is 1. The average Bonchev–Trinajstić information content (AvgIpc) is 2.72. The number of sulfonamides is 1. The van der Waals surface area contributed by atoms with Gasteiger partial charge in [0.15, 0.2) is 6.10 Å². The number of ether oxygens (including phenoxy) is 2. The molecular weight excluding hydrogens is 428 g/mol. The summed E-state index contributed by atoms with van der Waals surface area (Å²) in [6.07, 6.45) is -0.993. The van der Waals surface area contributed by atoms with Gasteiger partial charge in [0, 0.05) is 11.1 Å². The number of nitrogens with one attached hydrogen (secondary N) is 1. The van der Waals surface area contributed by atoms with Gasteiger partial charge < -0.3 is 14.8 Å². The molecule has 2 atom stereocenters. The SMILES string of the molecule is COc1ccc(S(=O)(=O)N2C[C@H](C(=O)N[C@@H](C)C(C)C)Oc3ccc(Cl)cc32)cc1. The van der Waals surface area contributed by atoms with E-state index in [1.165, 1.54) is 29.6 Å². The Hall–Kier alpha value is -2.45. The van der Waals surface area contributed by atoms with Gasteiger partial charge in [-0.3, -0.25) is 9.10 Å². The molecule has 2 aromatic rings. The summed E-state index contributed by atoms with van der Waals surface area (Å²) in [5.41, 5.74) is 0.291. The van der Waals surface area contributed by atoms with E-state index < -0.39 is 16.1 Å². The molecule has 1 aliphatic heterocycles. The molecule has 0 fully saturated rings. The Balaban J connectivity index is 1.99. The first-order valence-corrected chi connectivity index (χ1v) is 11.4. The zero-order valence-electron chi connectivity index (χ0n) is 17.3. The number of methoxy groups -OCH3 is 1. The summed E-state index contributed by atoms with van der Waals surface area (Å²) >= 11 is 6.11. The van der Waals surface area contributed by atoms with Crippen molar-refractivity contribution in [2.75, 3.05) is 18.0 Å². The Morgan fingerprint density at radius 3 is 2.47 bits per heavy atom. The van der Waals surface area contributed by atoms with Crippen LogP contribution in [0.15, 0.2) is 47.4 Å². The molecule has 0 saturated heterocycles. The van der Waals surface area contributed by atoms with Crippen LogP contribution in [0.1, 0.15) is 20.8 Å². The summed E-state index contributed by atoms with van der Waals surface area (Å²) in [5, 5.41) is 3.25. The van der Waals surface area contributed by atoms with Crippen molar-refractivity contribution in [2.24, 2.45) is 5.92 Å². The van der Waals surface area contributed by atoms with E-state index >= 15 is 0 Å². The Morgan fingerprint density at radius 1 is 1.20 bits per heavy atom. The smallest absolute Gasteiger partial charge is 0.264 e.